The maximum Gasteiger partial charge on any atom is 0.255 e. The summed E-state index contributed by atoms with van der Waals surface area (Å²) in [6, 6.07) is 12.3. The second-order valence-electron chi connectivity index (χ2n) is 6.05. The van der Waals surface area contributed by atoms with Crippen LogP contribution in [0.1, 0.15) is 20.7 Å². The molecule has 1 N–H and O–H groups in total. The molecule has 0 aliphatic heterocycles. The number of rotatable bonds is 5. The van der Waals surface area contributed by atoms with Gasteiger partial charge in [-0.25, -0.2) is 12.7 Å². The van der Waals surface area contributed by atoms with Gasteiger partial charge in [-0.15, -0.1) is 0 Å². The number of carbonyl (C=O) groups is 2. The van der Waals surface area contributed by atoms with Crippen LogP contribution in [-0.4, -0.2) is 57.6 Å². The van der Waals surface area contributed by atoms with Gasteiger partial charge in [0.1, 0.15) is 0 Å². The molecule has 0 heterocycles. The number of nitrogens with zero attached hydrogens (tertiary/aromatic N) is 2. The number of anilines is 1. The molecule has 0 saturated carbocycles. The molecule has 2 aromatic carbocycles. The van der Waals surface area contributed by atoms with E-state index < -0.39 is 15.9 Å². The topological polar surface area (TPSA) is 86.8 Å². The van der Waals surface area contributed by atoms with Crippen LogP contribution in [0.25, 0.3) is 0 Å². The number of hydrogen-bond donors (Lipinski definition) is 1. The molecule has 7 nitrogen and oxygen atoms in total. The molecular formula is C18H21N3O4S. The SMILES string of the molecule is CN(C)C(=O)c1ccc(NC(=O)c2cccc(S(=O)(=O)N(C)C)c2)cc1. The lowest BCUT2D eigenvalue weighted by atomic mass is 10.1. The lowest BCUT2D eigenvalue weighted by Gasteiger charge is -2.13. The van der Waals surface area contributed by atoms with Crippen LogP contribution in [-0.2, 0) is 10.0 Å². The van der Waals surface area contributed by atoms with Gasteiger partial charge in [0, 0.05) is 45.0 Å². The van der Waals surface area contributed by atoms with Gasteiger partial charge in [-0.2, -0.15) is 0 Å². The Morgan fingerprint density at radius 2 is 1.50 bits per heavy atom. The molecular weight excluding hydrogens is 354 g/mol. The monoisotopic (exact) mass is 375 g/mol. The molecule has 2 rings (SSSR count). The molecule has 0 atom stereocenters. The summed E-state index contributed by atoms with van der Waals surface area (Å²) in [5.74, 6) is -0.572. The van der Waals surface area contributed by atoms with Crippen molar-refractivity contribution in [2.75, 3.05) is 33.5 Å². The third-order valence-electron chi connectivity index (χ3n) is 3.67. The second-order valence-corrected chi connectivity index (χ2v) is 8.20. The fraction of sp³-hybridized carbons (Fsp3) is 0.222. The van der Waals surface area contributed by atoms with Crippen molar-refractivity contribution in [3.05, 3.63) is 59.7 Å². The molecule has 2 aromatic rings. The molecule has 26 heavy (non-hydrogen) atoms. The van der Waals surface area contributed by atoms with Crippen LogP contribution in [0.5, 0.6) is 0 Å². The summed E-state index contributed by atoms with van der Waals surface area (Å²) in [5, 5.41) is 2.69. The Morgan fingerprint density at radius 3 is 2.04 bits per heavy atom. The first-order valence-electron chi connectivity index (χ1n) is 7.78. The number of carbonyl (C=O) groups excluding carboxylic acids is 2. The fourth-order valence-corrected chi connectivity index (χ4v) is 3.11. The first-order chi connectivity index (χ1) is 12.1. The predicted octanol–water partition coefficient (Wildman–Crippen LogP) is 1.89. The summed E-state index contributed by atoms with van der Waals surface area (Å²) in [6.07, 6.45) is 0. The van der Waals surface area contributed by atoms with E-state index in [1.807, 2.05) is 0 Å². The van der Waals surface area contributed by atoms with Crippen molar-refractivity contribution >= 4 is 27.5 Å². The van der Waals surface area contributed by atoms with E-state index in [2.05, 4.69) is 5.32 Å². The highest BCUT2D eigenvalue weighted by molar-refractivity contribution is 7.89. The highest BCUT2D eigenvalue weighted by Gasteiger charge is 2.18. The third-order valence-corrected chi connectivity index (χ3v) is 5.48. The summed E-state index contributed by atoms with van der Waals surface area (Å²) in [6.45, 7) is 0. The first-order valence-corrected chi connectivity index (χ1v) is 9.22. The van der Waals surface area contributed by atoms with Gasteiger partial charge in [-0.3, -0.25) is 9.59 Å². The van der Waals surface area contributed by atoms with Crippen molar-refractivity contribution in [2.45, 2.75) is 4.90 Å². The zero-order valence-electron chi connectivity index (χ0n) is 15.1. The normalized spacial score (nSPS) is 11.3. The first kappa shape index (κ1) is 19.6. The van der Waals surface area contributed by atoms with E-state index in [0.717, 1.165) is 4.31 Å². The minimum absolute atomic E-state index is 0.0436. The number of hydrogen-bond acceptors (Lipinski definition) is 4. The van der Waals surface area contributed by atoms with Gasteiger partial charge in [0.2, 0.25) is 10.0 Å². The minimum Gasteiger partial charge on any atom is -0.345 e. The van der Waals surface area contributed by atoms with E-state index in [9.17, 15) is 18.0 Å². The van der Waals surface area contributed by atoms with Crippen LogP contribution < -0.4 is 5.32 Å². The molecule has 0 bridgehead atoms. The maximum atomic E-state index is 12.4. The summed E-state index contributed by atoms with van der Waals surface area (Å²) < 4.78 is 25.4. The molecule has 138 valence electrons. The van der Waals surface area contributed by atoms with Gasteiger partial charge in [0.25, 0.3) is 11.8 Å². The van der Waals surface area contributed by atoms with Crippen molar-refractivity contribution in [3.8, 4) is 0 Å². The van der Waals surface area contributed by atoms with Crippen molar-refractivity contribution in [1.29, 1.82) is 0 Å². The van der Waals surface area contributed by atoms with Crippen molar-refractivity contribution in [3.63, 3.8) is 0 Å². The van der Waals surface area contributed by atoms with Gasteiger partial charge in [0.05, 0.1) is 4.90 Å². The highest BCUT2D eigenvalue weighted by atomic mass is 32.2. The summed E-state index contributed by atoms with van der Waals surface area (Å²) in [4.78, 5) is 25.8. The number of nitrogens with one attached hydrogen (secondary N) is 1. The molecule has 0 saturated heterocycles. The molecule has 2 amide bonds. The predicted molar refractivity (Wildman–Crippen MR) is 99.7 cm³/mol. The average Bonchev–Trinajstić information content (AvgIpc) is 2.61. The maximum absolute atomic E-state index is 12.4. The molecule has 0 aromatic heterocycles. The fourth-order valence-electron chi connectivity index (χ4n) is 2.17. The zero-order chi connectivity index (χ0) is 19.5. The average molecular weight is 375 g/mol. The number of amides is 2. The molecule has 0 unspecified atom stereocenters. The quantitative estimate of drug-likeness (QED) is 0.865. The van der Waals surface area contributed by atoms with E-state index >= 15 is 0 Å². The van der Waals surface area contributed by atoms with Gasteiger partial charge in [-0.1, -0.05) is 6.07 Å². The van der Waals surface area contributed by atoms with E-state index in [0.29, 0.717) is 11.3 Å². The highest BCUT2D eigenvalue weighted by Crippen LogP contribution is 2.17. The number of sulfonamides is 1. The van der Waals surface area contributed by atoms with Crippen LogP contribution in [0, 0.1) is 0 Å². The van der Waals surface area contributed by atoms with Crippen LogP contribution in [0.4, 0.5) is 5.69 Å². The minimum atomic E-state index is -3.62. The third kappa shape index (κ3) is 4.27. The molecule has 0 aliphatic carbocycles. The van der Waals surface area contributed by atoms with Gasteiger partial charge in [0.15, 0.2) is 0 Å². The van der Waals surface area contributed by atoms with E-state index in [-0.39, 0.29) is 16.4 Å². The van der Waals surface area contributed by atoms with Gasteiger partial charge >= 0.3 is 0 Å². The second kappa shape index (κ2) is 7.67. The summed E-state index contributed by atoms with van der Waals surface area (Å²) in [7, 11) is 2.56. The Balaban J connectivity index is 2.19. The van der Waals surface area contributed by atoms with Gasteiger partial charge < -0.3 is 10.2 Å². The van der Waals surface area contributed by atoms with Crippen molar-refractivity contribution in [2.24, 2.45) is 0 Å². The Morgan fingerprint density at radius 1 is 0.885 bits per heavy atom. The zero-order valence-corrected chi connectivity index (χ0v) is 15.9. The van der Waals surface area contributed by atoms with Crippen LogP contribution in [0.15, 0.2) is 53.4 Å². The van der Waals surface area contributed by atoms with E-state index in [4.69, 9.17) is 0 Å². The van der Waals surface area contributed by atoms with E-state index in [1.54, 1.807) is 38.4 Å². The van der Waals surface area contributed by atoms with Crippen LogP contribution in [0.3, 0.4) is 0 Å². The Labute approximate surface area is 153 Å². The molecule has 0 aliphatic rings. The summed E-state index contributed by atoms with van der Waals surface area (Å²) in [5.41, 5.74) is 1.24. The van der Waals surface area contributed by atoms with Crippen LogP contribution in [0.2, 0.25) is 0 Å². The van der Waals surface area contributed by atoms with Gasteiger partial charge in [-0.05, 0) is 42.5 Å². The smallest absolute Gasteiger partial charge is 0.255 e. The Hall–Kier alpha value is -2.71. The Kier molecular flexibility index (Phi) is 5.79. The lowest BCUT2D eigenvalue weighted by Crippen LogP contribution is -2.23. The standard InChI is InChI=1S/C18H21N3O4S/c1-20(2)18(23)13-8-10-15(11-9-13)19-17(22)14-6-5-7-16(12-14)26(24,25)21(3)4/h5-12H,1-4H3,(H,19,22). The van der Waals surface area contributed by atoms with Crippen molar-refractivity contribution < 1.29 is 18.0 Å². The number of benzene rings is 2. The molecule has 0 fully saturated rings. The summed E-state index contributed by atoms with van der Waals surface area (Å²) >= 11 is 0. The van der Waals surface area contributed by atoms with E-state index in [1.165, 1.54) is 43.3 Å². The van der Waals surface area contributed by atoms with Crippen LogP contribution >= 0.6 is 0 Å². The van der Waals surface area contributed by atoms with Crippen molar-refractivity contribution in [1.82, 2.24) is 9.21 Å². The molecule has 0 radical (unpaired) electrons. The molecule has 0 spiro atoms. The lowest BCUT2D eigenvalue weighted by molar-refractivity contribution is 0.0827. The Bertz CT molecular complexity index is 920. The largest absolute Gasteiger partial charge is 0.345 e. The molecule has 8 heteroatoms.